The number of rotatable bonds is 5. The molecule has 116 valence electrons. The third kappa shape index (κ3) is 4.17. The first kappa shape index (κ1) is 15.8. The number of aromatic nitrogens is 2. The number of carbonyl (C=O) groups is 1. The van der Waals surface area contributed by atoms with Crippen LogP contribution in [0, 0.1) is 5.92 Å². The van der Waals surface area contributed by atoms with Gasteiger partial charge >= 0.3 is 0 Å². The largest absolute Gasteiger partial charge is 0.272 e. The molecule has 1 N–H and O–H groups in total. The molecule has 7 heteroatoms. The average Bonchev–Trinajstić information content (AvgIpc) is 2.87. The zero-order valence-corrected chi connectivity index (χ0v) is 13.1. The number of nitrogens with one attached hydrogen (secondary N) is 1. The SMILES string of the molecule is CC(C)Cn1cc(C(=O)NS(=O)(=O)[C@@H]2CC=CCC2)cn1. The lowest BCUT2D eigenvalue weighted by atomic mass is 10.1. The maximum atomic E-state index is 12.2. The number of hydrogen-bond donors (Lipinski definition) is 1. The second-order valence-electron chi connectivity index (χ2n) is 5.73. The van der Waals surface area contributed by atoms with Crippen molar-refractivity contribution in [1.82, 2.24) is 14.5 Å². The quantitative estimate of drug-likeness (QED) is 0.839. The van der Waals surface area contributed by atoms with Crippen molar-refractivity contribution in [3.8, 4) is 0 Å². The van der Waals surface area contributed by atoms with Crippen molar-refractivity contribution in [2.24, 2.45) is 5.92 Å². The first-order valence-electron chi connectivity index (χ1n) is 7.12. The lowest BCUT2D eigenvalue weighted by Gasteiger charge is -2.18. The summed E-state index contributed by atoms with van der Waals surface area (Å²) in [4.78, 5) is 12.0. The Kier molecular flexibility index (Phi) is 4.82. The monoisotopic (exact) mass is 311 g/mol. The maximum absolute atomic E-state index is 12.2. The van der Waals surface area contributed by atoms with Gasteiger partial charge in [0.25, 0.3) is 5.91 Å². The van der Waals surface area contributed by atoms with Gasteiger partial charge in [0.1, 0.15) is 0 Å². The number of nitrogens with zero attached hydrogens (tertiary/aromatic N) is 2. The highest BCUT2D eigenvalue weighted by Gasteiger charge is 2.27. The zero-order chi connectivity index (χ0) is 15.5. The predicted octanol–water partition coefficient (Wildman–Crippen LogP) is 1.71. The highest BCUT2D eigenvalue weighted by molar-refractivity contribution is 7.90. The minimum Gasteiger partial charge on any atom is -0.272 e. The van der Waals surface area contributed by atoms with Crippen molar-refractivity contribution in [2.75, 3.05) is 0 Å². The van der Waals surface area contributed by atoms with E-state index in [1.165, 1.54) is 6.20 Å². The summed E-state index contributed by atoms with van der Waals surface area (Å²) in [6.45, 7) is 4.78. The Morgan fingerprint density at radius 1 is 1.48 bits per heavy atom. The minimum absolute atomic E-state index is 0.269. The highest BCUT2D eigenvalue weighted by Crippen LogP contribution is 2.18. The lowest BCUT2D eigenvalue weighted by Crippen LogP contribution is -2.38. The zero-order valence-electron chi connectivity index (χ0n) is 12.3. The van der Waals surface area contributed by atoms with Gasteiger partial charge in [0.05, 0.1) is 17.0 Å². The average molecular weight is 311 g/mol. The smallest absolute Gasteiger partial charge is 0.267 e. The molecule has 0 saturated carbocycles. The van der Waals surface area contributed by atoms with E-state index in [-0.39, 0.29) is 5.56 Å². The molecule has 1 aromatic rings. The van der Waals surface area contributed by atoms with E-state index in [0.29, 0.717) is 25.3 Å². The molecule has 1 aliphatic rings. The Bertz CT molecular complexity index is 632. The van der Waals surface area contributed by atoms with E-state index in [2.05, 4.69) is 9.82 Å². The van der Waals surface area contributed by atoms with Gasteiger partial charge in [-0.1, -0.05) is 26.0 Å². The van der Waals surface area contributed by atoms with Crippen LogP contribution in [0.25, 0.3) is 0 Å². The van der Waals surface area contributed by atoms with Crippen LogP contribution in [-0.4, -0.2) is 29.4 Å². The number of sulfonamides is 1. The molecular weight excluding hydrogens is 290 g/mol. The number of allylic oxidation sites excluding steroid dienone is 2. The molecule has 0 fully saturated rings. The summed E-state index contributed by atoms with van der Waals surface area (Å²) in [5.74, 6) is -0.210. The van der Waals surface area contributed by atoms with E-state index in [1.807, 2.05) is 26.0 Å². The van der Waals surface area contributed by atoms with Crippen LogP contribution in [0.4, 0.5) is 0 Å². The number of carbonyl (C=O) groups excluding carboxylic acids is 1. The van der Waals surface area contributed by atoms with Crippen LogP contribution >= 0.6 is 0 Å². The van der Waals surface area contributed by atoms with Crippen molar-refractivity contribution in [3.63, 3.8) is 0 Å². The second kappa shape index (κ2) is 6.43. The Balaban J connectivity index is 2.03. The van der Waals surface area contributed by atoms with E-state index in [1.54, 1.807) is 10.9 Å². The lowest BCUT2D eigenvalue weighted by molar-refractivity contribution is 0.0981. The van der Waals surface area contributed by atoms with Crippen molar-refractivity contribution in [1.29, 1.82) is 0 Å². The van der Waals surface area contributed by atoms with Gasteiger partial charge < -0.3 is 0 Å². The molecule has 1 aromatic heterocycles. The van der Waals surface area contributed by atoms with E-state index < -0.39 is 21.2 Å². The van der Waals surface area contributed by atoms with Crippen LogP contribution < -0.4 is 4.72 Å². The molecule has 0 aliphatic heterocycles. The molecule has 1 atom stereocenters. The van der Waals surface area contributed by atoms with Gasteiger partial charge in [-0.3, -0.25) is 9.48 Å². The van der Waals surface area contributed by atoms with Gasteiger partial charge in [0.15, 0.2) is 0 Å². The summed E-state index contributed by atoms with van der Waals surface area (Å²) in [6, 6.07) is 0. The number of amides is 1. The molecule has 2 rings (SSSR count). The van der Waals surface area contributed by atoms with Crippen LogP contribution in [0.15, 0.2) is 24.5 Å². The third-order valence-electron chi connectivity index (χ3n) is 3.34. The summed E-state index contributed by atoms with van der Waals surface area (Å²) >= 11 is 0. The highest BCUT2D eigenvalue weighted by atomic mass is 32.2. The molecule has 0 bridgehead atoms. The summed E-state index contributed by atoms with van der Waals surface area (Å²) in [5.41, 5.74) is 0.269. The standard InChI is InChI=1S/C14H21N3O3S/c1-11(2)9-17-10-12(8-15-17)14(18)16-21(19,20)13-6-4-3-5-7-13/h3-4,8,10-11,13H,5-7,9H2,1-2H3,(H,16,18)/t13-/m1/s1. The summed E-state index contributed by atoms with van der Waals surface area (Å²) in [5, 5.41) is 3.54. The molecule has 0 unspecified atom stereocenters. The van der Waals surface area contributed by atoms with E-state index in [4.69, 9.17) is 0 Å². The Morgan fingerprint density at radius 3 is 2.86 bits per heavy atom. The molecule has 1 amide bonds. The molecule has 0 saturated heterocycles. The molecule has 21 heavy (non-hydrogen) atoms. The van der Waals surface area contributed by atoms with Crippen molar-refractivity contribution in [3.05, 3.63) is 30.1 Å². The van der Waals surface area contributed by atoms with Gasteiger partial charge in [0.2, 0.25) is 10.0 Å². The van der Waals surface area contributed by atoms with Crippen LogP contribution in [0.5, 0.6) is 0 Å². The topological polar surface area (TPSA) is 81.1 Å². The third-order valence-corrected chi connectivity index (χ3v) is 5.12. The van der Waals surface area contributed by atoms with Gasteiger partial charge in [0, 0.05) is 12.7 Å². The van der Waals surface area contributed by atoms with Crippen molar-refractivity contribution >= 4 is 15.9 Å². The molecule has 6 nitrogen and oxygen atoms in total. The fraction of sp³-hybridized carbons (Fsp3) is 0.571. The fourth-order valence-electron chi connectivity index (χ4n) is 2.27. The first-order valence-corrected chi connectivity index (χ1v) is 8.66. The van der Waals surface area contributed by atoms with E-state index >= 15 is 0 Å². The van der Waals surface area contributed by atoms with Gasteiger partial charge in [-0.25, -0.2) is 13.1 Å². The van der Waals surface area contributed by atoms with E-state index in [9.17, 15) is 13.2 Å². The Labute approximate surface area is 125 Å². The second-order valence-corrected chi connectivity index (χ2v) is 7.69. The van der Waals surface area contributed by atoms with Gasteiger partial charge in [-0.2, -0.15) is 5.10 Å². The van der Waals surface area contributed by atoms with Gasteiger partial charge in [-0.15, -0.1) is 0 Å². The summed E-state index contributed by atoms with van der Waals surface area (Å²) in [7, 11) is -3.63. The normalized spacial score (nSPS) is 18.9. The summed E-state index contributed by atoms with van der Waals surface area (Å²) in [6.07, 6.45) is 8.51. The minimum atomic E-state index is -3.63. The molecular formula is C14H21N3O3S. The Morgan fingerprint density at radius 2 is 2.24 bits per heavy atom. The molecule has 0 spiro atoms. The maximum Gasteiger partial charge on any atom is 0.267 e. The fourth-order valence-corrected chi connectivity index (χ4v) is 3.63. The predicted molar refractivity (Wildman–Crippen MR) is 80.2 cm³/mol. The number of hydrogen-bond acceptors (Lipinski definition) is 4. The van der Waals surface area contributed by atoms with Crippen LogP contribution in [0.2, 0.25) is 0 Å². The van der Waals surface area contributed by atoms with Crippen LogP contribution in [0.3, 0.4) is 0 Å². The van der Waals surface area contributed by atoms with Crippen molar-refractivity contribution in [2.45, 2.75) is 44.9 Å². The van der Waals surface area contributed by atoms with E-state index in [0.717, 1.165) is 6.42 Å². The first-order chi connectivity index (χ1) is 9.88. The van der Waals surface area contributed by atoms with Gasteiger partial charge in [-0.05, 0) is 25.2 Å². The Hall–Kier alpha value is -1.63. The van der Waals surface area contributed by atoms with Crippen LogP contribution in [0.1, 0.15) is 43.5 Å². The van der Waals surface area contributed by atoms with Crippen LogP contribution in [-0.2, 0) is 16.6 Å². The molecule has 0 radical (unpaired) electrons. The molecule has 1 heterocycles. The molecule has 1 aliphatic carbocycles. The summed E-state index contributed by atoms with van der Waals surface area (Å²) < 4.78 is 28.1. The van der Waals surface area contributed by atoms with Crippen molar-refractivity contribution < 1.29 is 13.2 Å². The molecule has 0 aromatic carbocycles.